The van der Waals surface area contributed by atoms with Crippen LogP contribution in [0, 0.1) is 0 Å². The van der Waals surface area contributed by atoms with Crippen molar-refractivity contribution in [2.24, 2.45) is 7.05 Å². The first-order chi connectivity index (χ1) is 11.2. The average Bonchev–Trinajstić information content (AvgIpc) is 3.36. The molecule has 23 heavy (non-hydrogen) atoms. The van der Waals surface area contributed by atoms with Crippen molar-refractivity contribution in [2.75, 3.05) is 5.75 Å². The molecule has 0 saturated heterocycles. The van der Waals surface area contributed by atoms with Crippen molar-refractivity contribution in [3.05, 3.63) is 40.7 Å². The summed E-state index contributed by atoms with van der Waals surface area (Å²) in [6.07, 6.45) is 7.20. The number of ketones is 1. The van der Waals surface area contributed by atoms with E-state index in [9.17, 15) is 4.79 Å². The summed E-state index contributed by atoms with van der Waals surface area (Å²) in [5, 5.41) is 9.35. The minimum Gasteiger partial charge on any atom is -0.309 e. The number of nitrogens with zero attached hydrogens (tertiary/aromatic N) is 3. The van der Waals surface area contributed by atoms with Crippen LogP contribution in [0.5, 0.6) is 0 Å². The van der Waals surface area contributed by atoms with E-state index in [2.05, 4.69) is 22.3 Å². The van der Waals surface area contributed by atoms with Crippen molar-refractivity contribution in [1.29, 1.82) is 0 Å². The van der Waals surface area contributed by atoms with Gasteiger partial charge < -0.3 is 4.57 Å². The lowest BCUT2D eigenvalue weighted by atomic mass is 9.90. The van der Waals surface area contributed by atoms with Crippen LogP contribution in [-0.4, -0.2) is 26.3 Å². The van der Waals surface area contributed by atoms with Gasteiger partial charge in [-0.15, -0.1) is 10.2 Å². The summed E-state index contributed by atoms with van der Waals surface area (Å²) in [6.45, 7) is 0. The van der Waals surface area contributed by atoms with Gasteiger partial charge >= 0.3 is 0 Å². The van der Waals surface area contributed by atoms with Crippen LogP contribution in [0.25, 0.3) is 0 Å². The lowest BCUT2D eigenvalue weighted by Crippen LogP contribution is -2.08. The van der Waals surface area contributed by atoms with Crippen molar-refractivity contribution in [3.8, 4) is 0 Å². The molecule has 4 nitrogen and oxygen atoms in total. The maximum absolute atomic E-state index is 12.5. The van der Waals surface area contributed by atoms with E-state index in [0.717, 1.165) is 29.4 Å². The first kappa shape index (κ1) is 14.9. The Bertz CT molecular complexity index is 749. The third kappa shape index (κ3) is 3.07. The molecule has 0 unspecified atom stereocenters. The van der Waals surface area contributed by atoms with Crippen LogP contribution in [0.15, 0.2) is 23.4 Å². The maximum Gasteiger partial charge on any atom is 0.191 e. The summed E-state index contributed by atoms with van der Waals surface area (Å²) in [5.74, 6) is 2.25. The number of aromatic nitrogens is 3. The molecule has 0 bridgehead atoms. The Hall–Kier alpha value is -1.62. The van der Waals surface area contributed by atoms with Crippen molar-refractivity contribution in [3.63, 3.8) is 0 Å². The molecule has 5 heteroatoms. The molecular formula is C18H21N3OS. The number of fused-ring (bicyclic) bond motifs is 1. The second kappa shape index (κ2) is 6.11. The first-order valence-corrected chi connectivity index (χ1v) is 9.38. The molecule has 1 heterocycles. The van der Waals surface area contributed by atoms with Crippen molar-refractivity contribution < 1.29 is 4.79 Å². The minimum absolute atomic E-state index is 0.180. The number of hydrogen-bond acceptors (Lipinski definition) is 4. The summed E-state index contributed by atoms with van der Waals surface area (Å²) in [6, 6.07) is 6.23. The van der Waals surface area contributed by atoms with Gasteiger partial charge in [0.1, 0.15) is 5.82 Å². The Labute approximate surface area is 140 Å². The molecule has 2 aliphatic carbocycles. The molecule has 0 aliphatic heterocycles. The van der Waals surface area contributed by atoms with Gasteiger partial charge in [0.25, 0.3) is 0 Å². The molecule has 0 amide bonds. The Morgan fingerprint density at radius 1 is 1.22 bits per heavy atom. The molecule has 120 valence electrons. The molecule has 0 spiro atoms. The fourth-order valence-corrected chi connectivity index (χ4v) is 4.08. The number of Topliss-reactive ketones (excluding diaryl/α,β-unsaturated/α-hetero) is 1. The molecule has 1 aromatic carbocycles. The van der Waals surface area contributed by atoms with E-state index in [1.807, 2.05) is 17.7 Å². The minimum atomic E-state index is 0.180. The molecule has 2 aromatic rings. The normalized spacial score (nSPS) is 17.1. The zero-order valence-electron chi connectivity index (χ0n) is 13.4. The standard InChI is InChI=1S/C18H21N3OS/c1-21-17(13-7-8-13)19-20-18(21)23-11-16(22)15-9-6-12-4-2-3-5-14(12)10-15/h6,9-10,13H,2-5,7-8,11H2,1H3. The van der Waals surface area contributed by atoms with Crippen LogP contribution in [0.1, 0.15) is 58.9 Å². The van der Waals surface area contributed by atoms with E-state index >= 15 is 0 Å². The second-order valence-electron chi connectivity index (χ2n) is 6.58. The zero-order chi connectivity index (χ0) is 15.8. The molecule has 2 aliphatic rings. The number of thioether (sulfide) groups is 1. The van der Waals surface area contributed by atoms with Gasteiger partial charge in [0.2, 0.25) is 0 Å². The Morgan fingerprint density at radius 3 is 2.78 bits per heavy atom. The van der Waals surface area contributed by atoms with Gasteiger partial charge in [-0.1, -0.05) is 23.9 Å². The lowest BCUT2D eigenvalue weighted by Gasteiger charge is -2.16. The number of carbonyl (C=O) groups excluding carboxylic acids is 1. The summed E-state index contributed by atoms with van der Waals surface area (Å²) in [4.78, 5) is 12.5. The van der Waals surface area contributed by atoms with Crippen LogP contribution in [0.2, 0.25) is 0 Å². The van der Waals surface area contributed by atoms with Crippen LogP contribution in [-0.2, 0) is 19.9 Å². The zero-order valence-corrected chi connectivity index (χ0v) is 14.2. The second-order valence-corrected chi connectivity index (χ2v) is 7.52. The first-order valence-electron chi connectivity index (χ1n) is 8.39. The predicted octanol–water partition coefficient (Wildman–Crippen LogP) is 3.55. The van der Waals surface area contributed by atoms with E-state index in [4.69, 9.17) is 0 Å². The maximum atomic E-state index is 12.5. The quantitative estimate of drug-likeness (QED) is 0.622. The molecule has 1 fully saturated rings. The number of carbonyl (C=O) groups is 1. The summed E-state index contributed by atoms with van der Waals surface area (Å²) in [5.41, 5.74) is 3.62. The van der Waals surface area contributed by atoms with E-state index in [0.29, 0.717) is 11.7 Å². The topological polar surface area (TPSA) is 47.8 Å². The van der Waals surface area contributed by atoms with E-state index in [1.165, 1.54) is 48.6 Å². The highest BCUT2D eigenvalue weighted by Gasteiger charge is 2.29. The Balaban J connectivity index is 1.43. The van der Waals surface area contributed by atoms with Crippen LogP contribution in [0.4, 0.5) is 0 Å². The molecule has 1 aromatic heterocycles. The SMILES string of the molecule is Cn1c(SCC(=O)c2ccc3c(c2)CCCC3)nnc1C1CC1. The van der Waals surface area contributed by atoms with Gasteiger partial charge in [-0.25, -0.2) is 0 Å². The molecule has 0 N–H and O–H groups in total. The molecular weight excluding hydrogens is 306 g/mol. The molecule has 0 radical (unpaired) electrons. The van der Waals surface area contributed by atoms with E-state index < -0.39 is 0 Å². The van der Waals surface area contributed by atoms with Gasteiger partial charge in [-0.2, -0.15) is 0 Å². The van der Waals surface area contributed by atoms with Crippen molar-refractivity contribution >= 4 is 17.5 Å². The number of hydrogen-bond donors (Lipinski definition) is 0. The van der Waals surface area contributed by atoms with Crippen LogP contribution < -0.4 is 0 Å². The summed E-state index contributed by atoms with van der Waals surface area (Å²) in [7, 11) is 2.00. The fraction of sp³-hybridized carbons (Fsp3) is 0.500. The largest absolute Gasteiger partial charge is 0.309 e. The fourth-order valence-electron chi connectivity index (χ4n) is 3.27. The highest BCUT2D eigenvalue weighted by molar-refractivity contribution is 7.99. The van der Waals surface area contributed by atoms with Gasteiger partial charge in [0.05, 0.1) is 5.75 Å². The van der Waals surface area contributed by atoms with Gasteiger partial charge in [0.15, 0.2) is 10.9 Å². The monoisotopic (exact) mass is 327 g/mol. The molecule has 1 saturated carbocycles. The number of aryl methyl sites for hydroxylation is 2. The number of benzene rings is 1. The van der Waals surface area contributed by atoms with Gasteiger partial charge in [0, 0.05) is 18.5 Å². The number of rotatable bonds is 5. The van der Waals surface area contributed by atoms with Crippen LogP contribution >= 0.6 is 11.8 Å². The highest BCUT2D eigenvalue weighted by atomic mass is 32.2. The average molecular weight is 327 g/mol. The van der Waals surface area contributed by atoms with E-state index in [-0.39, 0.29) is 5.78 Å². The predicted molar refractivity (Wildman–Crippen MR) is 91.1 cm³/mol. The molecule has 0 atom stereocenters. The van der Waals surface area contributed by atoms with Crippen molar-refractivity contribution in [1.82, 2.24) is 14.8 Å². The third-order valence-corrected chi connectivity index (χ3v) is 5.83. The van der Waals surface area contributed by atoms with Gasteiger partial charge in [-0.3, -0.25) is 4.79 Å². The van der Waals surface area contributed by atoms with Crippen molar-refractivity contribution in [2.45, 2.75) is 49.6 Å². The highest BCUT2D eigenvalue weighted by Crippen LogP contribution is 2.39. The Kier molecular flexibility index (Phi) is 3.97. The smallest absolute Gasteiger partial charge is 0.191 e. The van der Waals surface area contributed by atoms with E-state index in [1.54, 1.807) is 0 Å². The summed E-state index contributed by atoms with van der Waals surface area (Å²) >= 11 is 1.49. The molecule has 4 rings (SSSR count). The third-order valence-electron chi connectivity index (χ3n) is 4.81. The van der Waals surface area contributed by atoms with Gasteiger partial charge in [-0.05, 0) is 55.7 Å². The van der Waals surface area contributed by atoms with Crippen LogP contribution in [0.3, 0.4) is 0 Å². The summed E-state index contributed by atoms with van der Waals surface area (Å²) < 4.78 is 2.04. The lowest BCUT2D eigenvalue weighted by molar-refractivity contribution is 0.102. The Morgan fingerprint density at radius 2 is 2.00 bits per heavy atom.